The van der Waals surface area contributed by atoms with Gasteiger partial charge in [0.25, 0.3) is 0 Å². The Morgan fingerprint density at radius 2 is 1.54 bits per heavy atom. The van der Waals surface area contributed by atoms with E-state index in [0.29, 0.717) is 0 Å². The first-order valence-corrected chi connectivity index (χ1v) is 11.7. The number of hydrogen-bond acceptors (Lipinski definition) is 2. The van der Waals surface area contributed by atoms with E-state index in [1.807, 2.05) is 51.1 Å². The van der Waals surface area contributed by atoms with Crippen LogP contribution in [-0.2, 0) is 17.0 Å². The van der Waals surface area contributed by atoms with Crippen LogP contribution in [0.4, 0.5) is 5.69 Å². The molecule has 2 aromatic rings. The second kappa shape index (κ2) is 10.7. The van der Waals surface area contributed by atoms with Crippen LogP contribution >= 0.6 is 18.6 Å². The minimum atomic E-state index is -0.556. The molecule has 0 aliphatic rings. The molecular weight excluding hydrogens is 377 g/mol. The Bertz CT molecular complexity index is 704. The quantitative estimate of drug-likeness (QED) is 0.349. The maximum absolute atomic E-state index is 10.4. The van der Waals surface area contributed by atoms with Crippen molar-refractivity contribution in [3.8, 4) is 0 Å². The molecule has 0 aliphatic carbocycles. The van der Waals surface area contributed by atoms with Crippen molar-refractivity contribution in [1.29, 1.82) is 0 Å². The fourth-order valence-electron chi connectivity index (χ4n) is 2.59. The number of aliphatic hydroxyl groups is 1. The van der Waals surface area contributed by atoms with Gasteiger partial charge in [-0.15, -0.1) is 0 Å². The second-order valence-electron chi connectivity index (χ2n) is 5.46. The zero-order chi connectivity index (χ0) is 18.1. The number of hydrogen-bond donors (Lipinski definition) is 1. The van der Waals surface area contributed by atoms with Crippen molar-refractivity contribution in [2.45, 2.75) is 27.7 Å². The average molecular weight is 398 g/mol. The first-order valence-electron chi connectivity index (χ1n) is 7.44. The van der Waals surface area contributed by atoms with Gasteiger partial charge in [0.05, 0.1) is 5.69 Å². The van der Waals surface area contributed by atoms with Crippen LogP contribution in [-0.4, -0.2) is 10.8 Å². The molecule has 0 aliphatic heterocycles. The third kappa shape index (κ3) is 6.82. The van der Waals surface area contributed by atoms with E-state index < -0.39 is 17.0 Å². The van der Waals surface area contributed by atoms with Crippen LogP contribution in [0.3, 0.4) is 0 Å². The van der Waals surface area contributed by atoms with Crippen LogP contribution in [0.25, 0.3) is 5.76 Å². The Kier molecular flexibility index (Phi) is 9.39. The zero-order valence-corrected chi connectivity index (χ0v) is 17.3. The summed E-state index contributed by atoms with van der Waals surface area (Å²) in [5.41, 5.74) is 5.91. The Hall–Kier alpha value is -1.06. The van der Waals surface area contributed by atoms with Gasteiger partial charge in [0.1, 0.15) is 5.76 Å². The van der Waals surface area contributed by atoms with E-state index in [9.17, 15) is 5.11 Å². The third-order valence-electron chi connectivity index (χ3n) is 3.34. The molecule has 0 saturated heterocycles. The second-order valence-corrected chi connectivity index (χ2v) is 8.04. The summed E-state index contributed by atoms with van der Waals surface area (Å²) in [6.07, 6.45) is 1.72. The number of aliphatic hydroxyl groups excluding tert-OH is 1. The van der Waals surface area contributed by atoms with Crippen molar-refractivity contribution in [1.82, 2.24) is 0 Å². The van der Waals surface area contributed by atoms with Crippen LogP contribution in [0.15, 0.2) is 53.5 Å². The molecule has 0 bridgehead atoms. The van der Waals surface area contributed by atoms with Crippen LogP contribution in [0.1, 0.15) is 29.2 Å². The predicted molar refractivity (Wildman–Crippen MR) is 102 cm³/mol. The molecule has 0 atom stereocenters. The first kappa shape index (κ1) is 21.0. The number of nitrogens with zero attached hydrogens (tertiary/aromatic N) is 1. The summed E-state index contributed by atoms with van der Waals surface area (Å²) in [6, 6.07) is 13.9. The number of allylic oxidation sites excluding steroid dienone is 1. The Morgan fingerprint density at radius 1 is 1.04 bits per heavy atom. The molecule has 2 nitrogen and oxygen atoms in total. The van der Waals surface area contributed by atoms with Crippen molar-refractivity contribution < 1.29 is 22.1 Å². The molecular formula is C19H21Cl2NOTi. The summed E-state index contributed by atoms with van der Waals surface area (Å²) in [5, 5.41) is 10.4. The SMILES string of the molecule is CC(/C=C(\O)c1c(C)cc(C)cc1C)=Nc1ccccc1.[Cl][Ti][Cl]. The molecule has 0 unspecified atom stereocenters. The molecule has 0 fully saturated rings. The van der Waals surface area contributed by atoms with E-state index in [0.717, 1.165) is 28.1 Å². The minimum absolute atomic E-state index is 0.266. The zero-order valence-electron chi connectivity index (χ0n) is 14.3. The summed E-state index contributed by atoms with van der Waals surface area (Å²) in [7, 11) is 9.78. The van der Waals surface area contributed by atoms with Crippen molar-refractivity contribution in [2.75, 3.05) is 0 Å². The number of para-hydroxylation sites is 1. The van der Waals surface area contributed by atoms with E-state index in [4.69, 9.17) is 18.6 Å². The summed E-state index contributed by atoms with van der Waals surface area (Å²) >= 11 is -0.556. The topological polar surface area (TPSA) is 32.6 Å². The van der Waals surface area contributed by atoms with Gasteiger partial charge < -0.3 is 5.11 Å². The molecule has 24 heavy (non-hydrogen) atoms. The number of benzene rings is 2. The maximum atomic E-state index is 10.4. The Labute approximate surface area is 160 Å². The van der Waals surface area contributed by atoms with E-state index >= 15 is 0 Å². The van der Waals surface area contributed by atoms with E-state index in [1.165, 1.54) is 5.56 Å². The summed E-state index contributed by atoms with van der Waals surface area (Å²) in [5.74, 6) is 0.266. The predicted octanol–water partition coefficient (Wildman–Crippen LogP) is 6.68. The van der Waals surface area contributed by atoms with Crippen LogP contribution in [0, 0.1) is 20.8 Å². The fourth-order valence-corrected chi connectivity index (χ4v) is 2.59. The third-order valence-corrected chi connectivity index (χ3v) is 3.34. The number of halogens is 2. The molecule has 0 radical (unpaired) electrons. The van der Waals surface area contributed by atoms with Gasteiger partial charge in [0.15, 0.2) is 0 Å². The molecule has 2 aromatic carbocycles. The number of aliphatic imine (C=N–C) groups is 1. The van der Waals surface area contributed by atoms with Gasteiger partial charge >= 0.3 is 35.6 Å². The van der Waals surface area contributed by atoms with Gasteiger partial charge in [-0.2, -0.15) is 0 Å². The molecule has 0 saturated carbocycles. The molecule has 0 aromatic heterocycles. The molecule has 0 amide bonds. The van der Waals surface area contributed by atoms with Crippen molar-refractivity contribution >= 4 is 35.8 Å². The fraction of sp³-hybridized carbons (Fsp3) is 0.211. The molecule has 0 heterocycles. The molecule has 2 rings (SSSR count). The van der Waals surface area contributed by atoms with Crippen molar-refractivity contribution in [3.05, 3.63) is 70.8 Å². The van der Waals surface area contributed by atoms with Gasteiger partial charge in [0.2, 0.25) is 0 Å². The summed E-state index contributed by atoms with van der Waals surface area (Å²) in [4.78, 5) is 4.48. The number of rotatable bonds is 3. The van der Waals surface area contributed by atoms with E-state index in [2.05, 4.69) is 24.0 Å². The Balaban J connectivity index is 0.000000891. The van der Waals surface area contributed by atoms with Gasteiger partial charge in [-0.3, -0.25) is 4.99 Å². The van der Waals surface area contributed by atoms with Gasteiger partial charge in [-0.25, -0.2) is 0 Å². The van der Waals surface area contributed by atoms with Crippen LogP contribution in [0.5, 0.6) is 0 Å². The molecule has 126 valence electrons. The molecule has 5 heteroatoms. The van der Waals surface area contributed by atoms with E-state index in [-0.39, 0.29) is 5.76 Å². The first-order chi connectivity index (χ1) is 11.4. The standard InChI is InChI=1S/C19H21NO.2ClH.Ti/c1-13-10-14(2)19(15(3)11-13)18(21)12-16(4)20-17-8-6-5-7-9-17;;;/h5-12,21H,1-4H3;2*1H;/q;;;+2/p-2/b18-12-,20-16?;;;. The monoisotopic (exact) mass is 397 g/mol. The van der Waals surface area contributed by atoms with Crippen LogP contribution < -0.4 is 0 Å². The van der Waals surface area contributed by atoms with Crippen LogP contribution in [0.2, 0.25) is 0 Å². The summed E-state index contributed by atoms with van der Waals surface area (Å²) < 4.78 is 0. The van der Waals surface area contributed by atoms with E-state index in [1.54, 1.807) is 6.08 Å². The average Bonchev–Trinajstić information content (AvgIpc) is 2.47. The van der Waals surface area contributed by atoms with Gasteiger partial charge in [0, 0.05) is 17.4 Å². The Morgan fingerprint density at radius 3 is 2.04 bits per heavy atom. The van der Waals surface area contributed by atoms with Gasteiger partial charge in [-0.1, -0.05) is 35.9 Å². The normalized spacial score (nSPS) is 11.6. The van der Waals surface area contributed by atoms with Gasteiger partial charge in [-0.05, 0) is 51.0 Å². The van der Waals surface area contributed by atoms with Crippen molar-refractivity contribution in [2.24, 2.45) is 4.99 Å². The number of aryl methyl sites for hydroxylation is 3. The van der Waals surface area contributed by atoms with Crippen molar-refractivity contribution in [3.63, 3.8) is 0 Å². The summed E-state index contributed by atoms with van der Waals surface area (Å²) in [6.45, 7) is 7.99. The molecule has 1 N–H and O–H groups in total. The molecule has 0 spiro atoms.